The van der Waals surface area contributed by atoms with Crippen molar-refractivity contribution in [3.05, 3.63) is 23.9 Å². The molecule has 0 N–H and O–H groups in total. The molecule has 1 saturated heterocycles. The maximum Gasteiger partial charge on any atom is 0.233 e. The van der Waals surface area contributed by atoms with Crippen molar-refractivity contribution in [2.45, 2.75) is 43.7 Å². The number of nitriles is 1. The lowest BCUT2D eigenvalue weighted by Crippen LogP contribution is -2.44. The summed E-state index contributed by atoms with van der Waals surface area (Å²) in [5.41, 5.74) is 0.538. The third-order valence-electron chi connectivity index (χ3n) is 3.64. The third kappa shape index (κ3) is 3.51. The average molecular weight is 289 g/mol. The van der Waals surface area contributed by atoms with E-state index in [1.165, 1.54) is 18.2 Å². The summed E-state index contributed by atoms with van der Waals surface area (Å²) in [6.45, 7) is 3.00. The molecule has 2 heterocycles. The Balaban J connectivity index is 1.96. The van der Waals surface area contributed by atoms with Crippen LogP contribution >= 0.6 is 11.8 Å². The average Bonchev–Trinajstić information content (AvgIpc) is 2.52. The minimum Gasteiger partial charge on any atom is -0.339 e. The monoisotopic (exact) mass is 289 g/mol. The van der Waals surface area contributed by atoms with E-state index in [9.17, 15) is 4.79 Å². The number of carbonyl (C=O) groups is 1. The highest BCUT2D eigenvalue weighted by Crippen LogP contribution is 2.23. The molecule has 0 radical (unpaired) electrons. The molecule has 0 bridgehead atoms. The van der Waals surface area contributed by atoms with E-state index in [0.29, 0.717) is 22.4 Å². The molecule has 2 rings (SSSR count). The molecule has 1 atom stereocenters. The summed E-state index contributed by atoms with van der Waals surface area (Å²) >= 11 is 1.36. The number of hydrogen-bond acceptors (Lipinski definition) is 4. The fraction of sp³-hybridized carbons (Fsp3) is 0.533. The van der Waals surface area contributed by atoms with Crippen LogP contribution in [0.15, 0.2) is 23.4 Å². The lowest BCUT2D eigenvalue weighted by atomic mass is 10.0. The van der Waals surface area contributed by atoms with E-state index < -0.39 is 0 Å². The molecule has 5 heteroatoms. The van der Waals surface area contributed by atoms with Gasteiger partial charge < -0.3 is 4.90 Å². The minimum atomic E-state index is 0.163. The van der Waals surface area contributed by atoms with Gasteiger partial charge in [0.15, 0.2) is 0 Å². The zero-order valence-corrected chi connectivity index (χ0v) is 12.5. The Kier molecular flexibility index (Phi) is 5.42. The van der Waals surface area contributed by atoms with Crippen molar-refractivity contribution in [3.8, 4) is 6.07 Å². The van der Waals surface area contributed by atoms with Crippen molar-refractivity contribution in [1.29, 1.82) is 5.26 Å². The van der Waals surface area contributed by atoms with Gasteiger partial charge in [-0.3, -0.25) is 4.79 Å². The van der Waals surface area contributed by atoms with Gasteiger partial charge in [0.1, 0.15) is 11.1 Å². The minimum absolute atomic E-state index is 0.163. The summed E-state index contributed by atoms with van der Waals surface area (Å²) in [4.78, 5) is 18.5. The molecule has 1 aliphatic heterocycles. The fourth-order valence-electron chi connectivity index (χ4n) is 2.56. The van der Waals surface area contributed by atoms with Gasteiger partial charge in [0.05, 0.1) is 11.3 Å². The van der Waals surface area contributed by atoms with Crippen molar-refractivity contribution < 1.29 is 4.79 Å². The summed E-state index contributed by atoms with van der Waals surface area (Å²) in [5, 5.41) is 9.66. The van der Waals surface area contributed by atoms with Crippen LogP contribution in [0.2, 0.25) is 0 Å². The second kappa shape index (κ2) is 7.30. The first kappa shape index (κ1) is 14.9. The second-order valence-electron chi connectivity index (χ2n) is 4.90. The smallest absolute Gasteiger partial charge is 0.233 e. The molecule has 0 aliphatic carbocycles. The number of hydrogen-bond donors (Lipinski definition) is 0. The number of aromatic nitrogens is 1. The largest absolute Gasteiger partial charge is 0.339 e. The Labute approximate surface area is 124 Å². The zero-order valence-electron chi connectivity index (χ0n) is 11.7. The predicted molar refractivity (Wildman–Crippen MR) is 79.3 cm³/mol. The van der Waals surface area contributed by atoms with Crippen molar-refractivity contribution in [1.82, 2.24) is 9.88 Å². The first-order chi connectivity index (χ1) is 9.76. The normalized spacial score (nSPS) is 18.6. The summed E-state index contributed by atoms with van der Waals surface area (Å²) < 4.78 is 0. The number of amides is 1. The number of carbonyl (C=O) groups excluding carboxylic acids is 1. The number of thioether (sulfide) groups is 1. The molecule has 0 spiro atoms. The first-order valence-corrected chi connectivity index (χ1v) is 8.02. The highest BCUT2D eigenvalue weighted by molar-refractivity contribution is 7.99. The van der Waals surface area contributed by atoms with Crippen LogP contribution in [0.25, 0.3) is 0 Å². The van der Waals surface area contributed by atoms with Gasteiger partial charge in [0.2, 0.25) is 5.91 Å². The summed E-state index contributed by atoms with van der Waals surface area (Å²) in [5.74, 6) is 0.526. The Bertz CT molecular complexity index is 512. The van der Waals surface area contributed by atoms with Gasteiger partial charge in [0, 0.05) is 18.8 Å². The molecular formula is C15H19N3OS. The molecule has 106 valence electrons. The predicted octanol–water partition coefficient (Wildman–Crippen LogP) is 2.84. The van der Waals surface area contributed by atoms with Crippen molar-refractivity contribution in [3.63, 3.8) is 0 Å². The van der Waals surface area contributed by atoms with Gasteiger partial charge in [-0.25, -0.2) is 4.98 Å². The first-order valence-electron chi connectivity index (χ1n) is 7.03. The summed E-state index contributed by atoms with van der Waals surface area (Å²) in [6, 6.07) is 5.97. The second-order valence-corrected chi connectivity index (χ2v) is 5.87. The van der Waals surface area contributed by atoms with Crippen LogP contribution in [0.1, 0.15) is 38.2 Å². The molecule has 1 unspecified atom stereocenters. The van der Waals surface area contributed by atoms with E-state index >= 15 is 0 Å². The number of likely N-dealkylation sites (tertiary alicyclic amines) is 1. The van der Waals surface area contributed by atoms with E-state index in [2.05, 4.69) is 18.0 Å². The van der Waals surface area contributed by atoms with Crippen LogP contribution in [0.5, 0.6) is 0 Å². The molecule has 0 aromatic carbocycles. The molecule has 1 aliphatic rings. The van der Waals surface area contributed by atoms with Crippen molar-refractivity contribution in [2.24, 2.45) is 0 Å². The zero-order chi connectivity index (χ0) is 14.4. The lowest BCUT2D eigenvalue weighted by molar-refractivity contribution is -0.132. The highest BCUT2D eigenvalue weighted by Gasteiger charge is 2.25. The number of piperidine rings is 1. The number of nitrogens with zero attached hydrogens (tertiary/aromatic N) is 3. The maximum atomic E-state index is 12.3. The van der Waals surface area contributed by atoms with Crippen LogP contribution in [0, 0.1) is 11.3 Å². The summed E-state index contributed by atoms with van der Waals surface area (Å²) in [6.07, 6.45) is 6.10. The highest BCUT2D eigenvalue weighted by atomic mass is 32.2. The Hall–Kier alpha value is -1.54. The Morgan fingerprint density at radius 1 is 1.60 bits per heavy atom. The van der Waals surface area contributed by atoms with Gasteiger partial charge in [0.25, 0.3) is 0 Å². The van der Waals surface area contributed by atoms with E-state index in [4.69, 9.17) is 5.26 Å². The Morgan fingerprint density at radius 3 is 3.20 bits per heavy atom. The van der Waals surface area contributed by atoms with E-state index in [1.807, 2.05) is 4.90 Å². The van der Waals surface area contributed by atoms with Gasteiger partial charge in [-0.1, -0.05) is 18.7 Å². The lowest BCUT2D eigenvalue weighted by Gasteiger charge is -2.35. The molecule has 1 amide bonds. The van der Waals surface area contributed by atoms with Crippen LogP contribution in [-0.4, -0.2) is 34.1 Å². The third-order valence-corrected chi connectivity index (χ3v) is 4.63. The Morgan fingerprint density at radius 2 is 2.45 bits per heavy atom. The van der Waals surface area contributed by atoms with Gasteiger partial charge in [-0.05, 0) is 37.8 Å². The van der Waals surface area contributed by atoms with Crippen LogP contribution in [0.3, 0.4) is 0 Å². The van der Waals surface area contributed by atoms with Crippen molar-refractivity contribution in [2.75, 3.05) is 12.3 Å². The standard InChI is InChI=1S/C15H19N3OS/c1-2-13-7-3-4-9-18(13)14(19)11-20-15-12(10-16)6-5-8-17-15/h5-6,8,13H,2-4,7,9,11H2,1H3. The molecule has 1 aromatic rings. The van der Waals surface area contributed by atoms with Gasteiger partial charge >= 0.3 is 0 Å². The van der Waals surface area contributed by atoms with Crippen LogP contribution in [0.4, 0.5) is 0 Å². The number of pyridine rings is 1. The van der Waals surface area contributed by atoms with Gasteiger partial charge in [-0.2, -0.15) is 5.26 Å². The summed E-state index contributed by atoms with van der Waals surface area (Å²) in [7, 11) is 0. The fourth-order valence-corrected chi connectivity index (χ4v) is 3.39. The molecule has 0 saturated carbocycles. The topological polar surface area (TPSA) is 57.0 Å². The van der Waals surface area contributed by atoms with Crippen LogP contribution < -0.4 is 0 Å². The van der Waals surface area contributed by atoms with Gasteiger partial charge in [-0.15, -0.1) is 0 Å². The molecule has 4 nitrogen and oxygen atoms in total. The SMILES string of the molecule is CCC1CCCCN1C(=O)CSc1ncccc1C#N. The van der Waals surface area contributed by atoms with Crippen LogP contribution in [-0.2, 0) is 4.79 Å². The molecule has 1 fully saturated rings. The van der Waals surface area contributed by atoms with Crippen molar-refractivity contribution >= 4 is 17.7 Å². The molecular weight excluding hydrogens is 270 g/mol. The molecule has 20 heavy (non-hydrogen) atoms. The van der Waals surface area contributed by atoms with E-state index in [0.717, 1.165) is 25.8 Å². The maximum absolute atomic E-state index is 12.3. The molecule has 1 aromatic heterocycles. The quantitative estimate of drug-likeness (QED) is 0.800. The number of rotatable bonds is 4. The van der Waals surface area contributed by atoms with E-state index in [1.54, 1.807) is 18.3 Å². The van der Waals surface area contributed by atoms with E-state index in [-0.39, 0.29) is 5.91 Å².